The zero-order chi connectivity index (χ0) is 12.1. The number of nitrogens with two attached hydrogens (primary N) is 1. The lowest BCUT2D eigenvalue weighted by atomic mass is 10.2. The number of oxime groups is 1. The maximum atomic E-state index is 8.73. The van der Waals surface area contributed by atoms with Crippen molar-refractivity contribution in [1.82, 2.24) is 4.98 Å². The molecule has 1 heterocycles. The van der Waals surface area contributed by atoms with Crippen LogP contribution in [-0.2, 0) is 0 Å². The molecule has 0 aliphatic carbocycles. The van der Waals surface area contributed by atoms with Crippen molar-refractivity contribution < 1.29 is 5.21 Å². The SMILES string of the molecule is CCN(CC)c1nc(C)ccc1C(N)=NO. The molecule has 5 heteroatoms. The van der Waals surface area contributed by atoms with Gasteiger partial charge in [-0.15, -0.1) is 0 Å². The number of amidine groups is 1. The molecule has 1 aromatic heterocycles. The second-order valence-electron chi connectivity index (χ2n) is 3.48. The summed E-state index contributed by atoms with van der Waals surface area (Å²) in [5.74, 6) is 0.856. The van der Waals surface area contributed by atoms with Gasteiger partial charge in [-0.05, 0) is 32.9 Å². The molecule has 1 rings (SSSR count). The fourth-order valence-corrected chi connectivity index (χ4v) is 1.56. The average Bonchev–Trinajstić information content (AvgIpc) is 2.30. The maximum Gasteiger partial charge on any atom is 0.173 e. The summed E-state index contributed by atoms with van der Waals surface area (Å²) < 4.78 is 0. The van der Waals surface area contributed by atoms with E-state index in [4.69, 9.17) is 10.9 Å². The van der Waals surface area contributed by atoms with Crippen molar-refractivity contribution >= 4 is 11.7 Å². The average molecular weight is 222 g/mol. The highest BCUT2D eigenvalue weighted by Crippen LogP contribution is 2.18. The van der Waals surface area contributed by atoms with Crippen molar-refractivity contribution in [2.24, 2.45) is 10.9 Å². The minimum atomic E-state index is 0.0920. The van der Waals surface area contributed by atoms with E-state index in [2.05, 4.69) is 15.0 Å². The summed E-state index contributed by atoms with van der Waals surface area (Å²) in [5.41, 5.74) is 7.20. The number of hydrogen-bond acceptors (Lipinski definition) is 4. The Morgan fingerprint density at radius 1 is 1.44 bits per heavy atom. The third-order valence-electron chi connectivity index (χ3n) is 2.46. The van der Waals surface area contributed by atoms with Gasteiger partial charge in [0, 0.05) is 18.8 Å². The summed E-state index contributed by atoms with van der Waals surface area (Å²) in [6, 6.07) is 3.67. The first kappa shape index (κ1) is 12.3. The van der Waals surface area contributed by atoms with Gasteiger partial charge in [-0.25, -0.2) is 4.98 Å². The molecule has 0 aliphatic heterocycles. The number of pyridine rings is 1. The summed E-state index contributed by atoms with van der Waals surface area (Å²) >= 11 is 0. The summed E-state index contributed by atoms with van der Waals surface area (Å²) in [6.45, 7) is 7.67. The summed E-state index contributed by atoms with van der Waals surface area (Å²) in [5, 5.41) is 11.8. The van der Waals surface area contributed by atoms with Gasteiger partial charge >= 0.3 is 0 Å². The van der Waals surface area contributed by atoms with Gasteiger partial charge in [0.15, 0.2) is 5.84 Å². The Bertz CT molecular complexity index is 386. The highest BCUT2D eigenvalue weighted by Gasteiger charge is 2.13. The molecule has 0 saturated carbocycles. The van der Waals surface area contributed by atoms with Gasteiger partial charge in [0.2, 0.25) is 0 Å². The zero-order valence-electron chi connectivity index (χ0n) is 9.94. The van der Waals surface area contributed by atoms with Crippen LogP contribution in [0.3, 0.4) is 0 Å². The second kappa shape index (κ2) is 5.34. The minimum absolute atomic E-state index is 0.0920. The largest absolute Gasteiger partial charge is 0.409 e. The van der Waals surface area contributed by atoms with E-state index in [1.165, 1.54) is 0 Å². The third-order valence-corrected chi connectivity index (χ3v) is 2.46. The molecule has 1 aromatic rings. The van der Waals surface area contributed by atoms with Crippen molar-refractivity contribution in [3.8, 4) is 0 Å². The molecule has 3 N–H and O–H groups in total. The molecule has 0 atom stereocenters. The van der Waals surface area contributed by atoms with Crippen LogP contribution >= 0.6 is 0 Å². The Hall–Kier alpha value is -1.78. The lowest BCUT2D eigenvalue weighted by Crippen LogP contribution is -2.27. The molecule has 0 spiro atoms. The number of anilines is 1. The number of aryl methyl sites for hydroxylation is 1. The van der Waals surface area contributed by atoms with E-state index in [1.807, 2.05) is 32.9 Å². The molecule has 0 aromatic carbocycles. The summed E-state index contributed by atoms with van der Waals surface area (Å²) in [4.78, 5) is 6.51. The highest BCUT2D eigenvalue weighted by molar-refractivity contribution is 6.01. The molecule has 0 radical (unpaired) electrons. The van der Waals surface area contributed by atoms with Crippen LogP contribution in [0.1, 0.15) is 25.1 Å². The number of rotatable bonds is 4. The first-order chi connectivity index (χ1) is 7.63. The van der Waals surface area contributed by atoms with Gasteiger partial charge < -0.3 is 15.8 Å². The predicted molar refractivity (Wildman–Crippen MR) is 65.0 cm³/mol. The minimum Gasteiger partial charge on any atom is -0.409 e. The fraction of sp³-hybridized carbons (Fsp3) is 0.455. The van der Waals surface area contributed by atoms with Crippen LogP contribution in [0, 0.1) is 6.92 Å². The smallest absolute Gasteiger partial charge is 0.173 e. The summed E-state index contributed by atoms with van der Waals surface area (Å²) in [6.07, 6.45) is 0. The van der Waals surface area contributed by atoms with E-state index in [0.29, 0.717) is 5.56 Å². The first-order valence-electron chi connectivity index (χ1n) is 5.34. The Balaban J connectivity index is 3.27. The van der Waals surface area contributed by atoms with E-state index in [1.54, 1.807) is 0 Å². The van der Waals surface area contributed by atoms with E-state index in [-0.39, 0.29) is 5.84 Å². The van der Waals surface area contributed by atoms with Gasteiger partial charge in [-0.3, -0.25) is 0 Å². The van der Waals surface area contributed by atoms with Crippen molar-refractivity contribution in [2.75, 3.05) is 18.0 Å². The van der Waals surface area contributed by atoms with E-state index < -0.39 is 0 Å². The maximum absolute atomic E-state index is 8.73. The molecule has 16 heavy (non-hydrogen) atoms. The van der Waals surface area contributed by atoms with Gasteiger partial charge in [-0.1, -0.05) is 5.16 Å². The van der Waals surface area contributed by atoms with Crippen LogP contribution in [0.5, 0.6) is 0 Å². The lowest BCUT2D eigenvalue weighted by molar-refractivity contribution is 0.318. The molecule has 0 amide bonds. The van der Waals surface area contributed by atoms with Crippen LogP contribution < -0.4 is 10.6 Å². The zero-order valence-corrected chi connectivity index (χ0v) is 9.94. The standard InChI is InChI=1S/C11H18N4O/c1-4-15(5-2)11-9(10(12)14-16)7-6-8(3)13-11/h6-7,16H,4-5H2,1-3H3,(H2,12,14). The van der Waals surface area contributed by atoms with Crippen LogP contribution in [0.15, 0.2) is 17.3 Å². The molecule has 88 valence electrons. The van der Waals surface area contributed by atoms with Gasteiger partial charge in [0.25, 0.3) is 0 Å². The number of aromatic nitrogens is 1. The van der Waals surface area contributed by atoms with Crippen molar-refractivity contribution in [3.63, 3.8) is 0 Å². The van der Waals surface area contributed by atoms with Crippen LogP contribution in [0.4, 0.5) is 5.82 Å². The normalized spacial score (nSPS) is 11.6. The fourth-order valence-electron chi connectivity index (χ4n) is 1.56. The van der Waals surface area contributed by atoms with E-state index in [9.17, 15) is 0 Å². The lowest BCUT2D eigenvalue weighted by Gasteiger charge is -2.22. The van der Waals surface area contributed by atoms with Crippen LogP contribution in [0.25, 0.3) is 0 Å². The first-order valence-corrected chi connectivity index (χ1v) is 5.34. The Kier molecular flexibility index (Phi) is 4.10. The third kappa shape index (κ3) is 2.42. The van der Waals surface area contributed by atoms with Gasteiger partial charge in [0.05, 0.1) is 5.56 Å². The quantitative estimate of drug-likeness (QED) is 0.349. The molecule has 0 fully saturated rings. The Morgan fingerprint density at radius 2 is 2.06 bits per heavy atom. The second-order valence-corrected chi connectivity index (χ2v) is 3.48. The monoisotopic (exact) mass is 222 g/mol. The number of hydrogen-bond donors (Lipinski definition) is 2. The Morgan fingerprint density at radius 3 is 2.56 bits per heavy atom. The molecule has 0 saturated heterocycles. The van der Waals surface area contributed by atoms with Crippen molar-refractivity contribution in [2.45, 2.75) is 20.8 Å². The molecule has 5 nitrogen and oxygen atoms in total. The molecular formula is C11H18N4O. The van der Waals surface area contributed by atoms with Crippen LogP contribution in [0.2, 0.25) is 0 Å². The molecule has 0 unspecified atom stereocenters. The summed E-state index contributed by atoms with van der Waals surface area (Å²) in [7, 11) is 0. The van der Waals surface area contributed by atoms with Gasteiger partial charge in [0.1, 0.15) is 5.82 Å². The topological polar surface area (TPSA) is 74.7 Å². The Labute approximate surface area is 95.6 Å². The van der Waals surface area contributed by atoms with Crippen molar-refractivity contribution in [3.05, 3.63) is 23.4 Å². The van der Waals surface area contributed by atoms with Crippen molar-refractivity contribution in [1.29, 1.82) is 0 Å². The van der Waals surface area contributed by atoms with E-state index in [0.717, 1.165) is 24.6 Å². The van der Waals surface area contributed by atoms with Gasteiger partial charge in [-0.2, -0.15) is 0 Å². The predicted octanol–water partition coefficient (Wildman–Crippen LogP) is 1.33. The molecule has 0 bridgehead atoms. The van der Waals surface area contributed by atoms with Crippen LogP contribution in [-0.4, -0.2) is 29.1 Å². The molecule has 0 aliphatic rings. The highest BCUT2D eigenvalue weighted by atomic mass is 16.4. The molecular weight excluding hydrogens is 204 g/mol. The van der Waals surface area contributed by atoms with E-state index >= 15 is 0 Å². The number of nitrogens with zero attached hydrogens (tertiary/aromatic N) is 3.